The second-order valence-electron chi connectivity index (χ2n) is 4.09. The summed E-state index contributed by atoms with van der Waals surface area (Å²) in [5.74, 6) is 0.938. The van der Waals surface area contributed by atoms with Crippen molar-refractivity contribution in [2.45, 2.75) is 20.4 Å². The number of hydrogen-bond acceptors (Lipinski definition) is 4. The van der Waals surface area contributed by atoms with Gasteiger partial charge in [0.2, 0.25) is 0 Å². The lowest BCUT2D eigenvalue weighted by molar-refractivity contribution is 0.408. The van der Waals surface area contributed by atoms with Gasteiger partial charge >= 0.3 is 0 Å². The summed E-state index contributed by atoms with van der Waals surface area (Å²) in [5.41, 5.74) is 9.89. The van der Waals surface area contributed by atoms with Crippen LogP contribution in [-0.2, 0) is 6.54 Å². The second-order valence-corrected chi connectivity index (χ2v) is 6.40. The first kappa shape index (κ1) is 13.5. The highest BCUT2D eigenvalue weighted by Gasteiger charge is 2.12. The minimum absolute atomic E-state index is 0.450. The number of rotatable bonds is 3. The first-order valence-electron chi connectivity index (χ1n) is 5.57. The molecule has 18 heavy (non-hydrogen) atoms. The van der Waals surface area contributed by atoms with Crippen molar-refractivity contribution >= 4 is 27.3 Å². The predicted molar refractivity (Wildman–Crippen MR) is 79.2 cm³/mol. The van der Waals surface area contributed by atoms with Crippen LogP contribution in [0.4, 0.5) is 0 Å². The lowest BCUT2D eigenvalue weighted by Gasteiger charge is -2.09. The van der Waals surface area contributed by atoms with E-state index < -0.39 is 0 Å². The monoisotopic (exact) mass is 326 g/mol. The van der Waals surface area contributed by atoms with Crippen LogP contribution in [0.15, 0.2) is 15.9 Å². The Labute approximate surface area is 119 Å². The molecule has 1 aromatic carbocycles. The molecule has 1 aromatic heterocycles. The van der Waals surface area contributed by atoms with Crippen LogP contribution in [0, 0.1) is 13.8 Å². The number of nitrogens with zero attached hydrogens (tertiary/aromatic N) is 1. The molecule has 0 saturated carbocycles. The summed E-state index contributed by atoms with van der Waals surface area (Å²) in [7, 11) is 1.70. The van der Waals surface area contributed by atoms with Gasteiger partial charge in [0.15, 0.2) is 0 Å². The van der Waals surface area contributed by atoms with E-state index >= 15 is 0 Å². The highest BCUT2D eigenvalue weighted by atomic mass is 79.9. The molecule has 96 valence electrons. The van der Waals surface area contributed by atoms with Crippen LogP contribution < -0.4 is 10.5 Å². The quantitative estimate of drug-likeness (QED) is 0.936. The number of thiazole rings is 1. The molecule has 0 fully saturated rings. The first-order chi connectivity index (χ1) is 8.56. The SMILES string of the molecule is COc1c(C)cc(-c2nc(CN)c(Br)s2)cc1C. The molecule has 0 atom stereocenters. The second kappa shape index (κ2) is 5.38. The van der Waals surface area contributed by atoms with Gasteiger partial charge in [0.1, 0.15) is 10.8 Å². The Morgan fingerprint density at radius 2 is 1.94 bits per heavy atom. The number of methoxy groups -OCH3 is 1. The number of nitrogens with two attached hydrogens (primary N) is 1. The molecular formula is C13H15BrN2OS. The summed E-state index contributed by atoms with van der Waals surface area (Å²) in [6, 6.07) is 4.19. The van der Waals surface area contributed by atoms with Gasteiger partial charge in [-0.2, -0.15) is 0 Å². The van der Waals surface area contributed by atoms with Crippen LogP contribution in [0.1, 0.15) is 16.8 Å². The molecule has 1 heterocycles. The molecule has 0 aliphatic carbocycles. The molecule has 5 heteroatoms. The van der Waals surface area contributed by atoms with Crippen LogP contribution in [0.2, 0.25) is 0 Å². The number of ether oxygens (including phenoxy) is 1. The largest absolute Gasteiger partial charge is 0.496 e. The summed E-state index contributed by atoms with van der Waals surface area (Å²) in [6.45, 7) is 4.54. The maximum Gasteiger partial charge on any atom is 0.124 e. The number of halogens is 1. The van der Waals surface area contributed by atoms with E-state index in [0.717, 1.165) is 36.9 Å². The number of aromatic nitrogens is 1. The van der Waals surface area contributed by atoms with E-state index in [4.69, 9.17) is 10.5 Å². The minimum atomic E-state index is 0.450. The Morgan fingerprint density at radius 1 is 1.33 bits per heavy atom. The van der Waals surface area contributed by atoms with Crippen molar-refractivity contribution in [3.05, 3.63) is 32.7 Å². The van der Waals surface area contributed by atoms with Gasteiger partial charge in [0, 0.05) is 12.1 Å². The highest BCUT2D eigenvalue weighted by molar-refractivity contribution is 9.11. The van der Waals surface area contributed by atoms with Crippen LogP contribution in [0.25, 0.3) is 10.6 Å². The zero-order valence-corrected chi connectivity index (χ0v) is 13.0. The van der Waals surface area contributed by atoms with Crippen LogP contribution in [0.3, 0.4) is 0 Å². The van der Waals surface area contributed by atoms with Crippen molar-refractivity contribution in [2.24, 2.45) is 5.73 Å². The molecule has 0 unspecified atom stereocenters. The van der Waals surface area contributed by atoms with Crippen molar-refractivity contribution in [1.82, 2.24) is 4.98 Å². The normalized spacial score (nSPS) is 10.7. The van der Waals surface area contributed by atoms with Crippen molar-refractivity contribution in [3.63, 3.8) is 0 Å². The van der Waals surface area contributed by atoms with Gasteiger partial charge in [0.05, 0.1) is 16.6 Å². The predicted octanol–water partition coefficient (Wildman–Crippen LogP) is 3.66. The molecule has 0 saturated heterocycles. The average molecular weight is 327 g/mol. The third-order valence-electron chi connectivity index (χ3n) is 2.75. The van der Waals surface area contributed by atoms with Gasteiger partial charge in [-0.05, 0) is 53.0 Å². The zero-order valence-electron chi connectivity index (χ0n) is 10.6. The van der Waals surface area contributed by atoms with Crippen LogP contribution in [0.5, 0.6) is 5.75 Å². The summed E-state index contributed by atoms with van der Waals surface area (Å²) < 4.78 is 6.38. The third-order valence-corrected chi connectivity index (χ3v) is 4.63. The molecule has 2 aromatic rings. The molecule has 0 bridgehead atoms. The fraction of sp³-hybridized carbons (Fsp3) is 0.308. The van der Waals surface area contributed by atoms with Gasteiger partial charge < -0.3 is 10.5 Å². The fourth-order valence-corrected chi connectivity index (χ4v) is 3.50. The lowest BCUT2D eigenvalue weighted by Crippen LogP contribution is -1.97. The molecule has 3 nitrogen and oxygen atoms in total. The summed E-state index contributed by atoms with van der Waals surface area (Å²) in [4.78, 5) is 4.54. The average Bonchev–Trinajstić information content (AvgIpc) is 2.70. The molecule has 0 spiro atoms. The molecule has 0 aliphatic rings. The number of aryl methyl sites for hydroxylation is 2. The minimum Gasteiger partial charge on any atom is -0.496 e. The van der Waals surface area contributed by atoms with E-state index in [1.54, 1.807) is 18.4 Å². The fourth-order valence-electron chi connectivity index (χ4n) is 1.98. The van der Waals surface area contributed by atoms with Crippen molar-refractivity contribution in [1.29, 1.82) is 0 Å². The molecule has 0 amide bonds. The van der Waals surface area contributed by atoms with Crippen LogP contribution >= 0.6 is 27.3 Å². The maximum absolute atomic E-state index is 5.64. The van der Waals surface area contributed by atoms with Gasteiger partial charge in [-0.15, -0.1) is 11.3 Å². The summed E-state index contributed by atoms with van der Waals surface area (Å²) >= 11 is 5.10. The first-order valence-corrected chi connectivity index (χ1v) is 7.18. The number of benzene rings is 1. The van der Waals surface area contributed by atoms with Crippen molar-refractivity contribution in [2.75, 3.05) is 7.11 Å². The van der Waals surface area contributed by atoms with Crippen molar-refractivity contribution in [3.8, 4) is 16.3 Å². The maximum atomic E-state index is 5.64. The number of hydrogen-bond donors (Lipinski definition) is 1. The van der Waals surface area contributed by atoms with Crippen molar-refractivity contribution < 1.29 is 4.74 Å². The topological polar surface area (TPSA) is 48.1 Å². The summed E-state index contributed by atoms with van der Waals surface area (Å²) in [6.07, 6.45) is 0. The van der Waals surface area contributed by atoms with E-state index in [1.165, 1.54) is 0 Å². The smallest absolute Gasteiger partial charge is 0.124 e. The van der Waals surface area contributed by atoms with Gasteiger partial charge in [-0.3, -0.25) is 0 Å². The van der Waals surface area contributed by atoms with E-state index in [9.17, 15) is 0 Å². The summed E-state index contributed by atoms with van der Waals surface area (Å²) in [5, 5.41) is 0.983. The molecular weight excluding hydrogens is 312 g/mol. The van der Waals surface area contributed by atoms with Gasteiger partial charge in [0.25, 0.3) is 0 Å². The molecule has 2 N–H and O–H groups in total. The Morgan fingerprint density at radius 3 is 2.39 bits per heavy atom. The van der Waals surface area contributed by atoms with Crippen LogP contribution in [-0.4, -0.2) is 12.1 Å². The van der Waals surface area contributed by atoms with E-state index in [2.05, 4.69) is 33.0 Å². The van der Waals surface area contributed by atoms with Gasteiger partial charge in [-0.1, -0.05) is 0 Å². The zero-order chi connectivity index (χ0) is 13.3. The van der Waals surface area contributed by atoms with E-state index in [-0.39, 0.29) is 0 Å². The molecule has 0 aliphatic heterocycles. The standard InChI is InChI=1S/C13H15BrN2OS/c1-7-4-9(5-8(2)11(7)17-3)13-16-10(6-15)12(14)18-13/h4-5H,6,15H2,1-3H3. The molecule has 2 rings (SSSR count). The van der Waals surface area contributed by atoms with E-state index in [1.807, 2.05) is 13.8 Å². The Balaban J connectivity index is 2.51. The van der Waals surface area contributed by atoms with Gasteiger partial charge in [-0.25, -0.2) is 4.98 Å². The van der Waals surface area contributed by atoms with E-state index in [0.29, 0.717) is 6.54 Å². The molecule has 0 radical (unpaired) electrons. The Bertz CT molecular complexity index is 557. The highest BCUT2D eigenvalue weighted by Crippen LogP contribution is 2.35. The lowest BCUT2D eigenvalue weighted by atomic mass is 10.1. The third kappa shape index (κ3) is 2.43. The Kier molecular flexibility index (Phi) is 4.04. The Hall–Kier alpha value is -0.910.